The van der Waals surface area contributed by atoms with Crippen molar-refractivity contribution in [2.45, 2.75) is 12.5 Å². The van der Waals surface area contributed by atoms with E-state index in [-0.39, 0.29) is 11.5 Å². The first-order chi connectivity index (χ1) is 7.15. The number of nitrogens with two attached hydrogens (primary N) is 1. The van der Waals surface area contributed by atoms with Crippen molar-refractivity contribution in [3.8, 4) is 5.75 Å². The van der Waals surface area contributed by atoms with E-state index in [0.29, 0.717) is 12.0 Å². The second-order valence-electron chi connectivity index (χ2n) is 3.30. The fourth-order valence-electron chi connectivity index (χ4n) is 1.22. The van der Waals surface area contributed by atoms with Gasteiger partial charge in [0.15, 0.2) is 5.78 Å². The van der Waals surface area contributed by atoms with Crippen molar-refractivity contribution in [1.82, 2.24) is 0 Å². The largest absolute Gasteiger partial charge is 0.508 e. The van der Waals surface area contributed by atoms with Gasteiger partial charge in [0, 0.05) is 5.56 Å². The lowest BCUT2D eigenvalue weighted by atomic mass is 10.0. The molecule has 15 heavy (non-hydrogen) atoms. The van der Waals surface area contributed by atoms with Gasteiger partial charge in [0.05, 0.1) is 6.04 Å². The van der Waals surface area contributed by atoms with Gasteiger partial charge >= 0.3 is 0 Å². The molecule has 4 heteroatoms. The number of ketones is 1. The zero-order valence-electron chi connectivity index (χ0n) is 8.64. The molecular formula is C11H15NO2S. The molecule has 0 aliphatic carbocycles. The molecule has 1 aromatic carbocycles. The average Bonchev–Trinajstić information content (AvgIpc) is 2.26. The summed E-state index contributed by atoms with van der Waals surface area (Å²) >= 11 is 1.67. The highest BCUT2D eigenvalue weighted by molar-refractivity contribution is 7.98. The van der Waals surface area contributed by atoms with Crippen molar-refractivity contribution in [2.75, 3.05) is 12.0 Å². The molecular weight excluding hydrogens is 210 g/mol. The lowest BCUT2D eigenvalue weighted by Crippen LogP contribution is -2.31. The van der Waals surface area contributed by atoms with Gasteiger partial charge in [-0.3, -0.25) is 4.79 Å². The molecule has 0 heterocycles. The van der Waals surface area contributed by atoms with E-state index in [9.17, 15) is 4.79 Å². The number of hydrogen-bond acceptors (Lipinski definition) is 4. The number of hydrogen-bond donors (Lipinski definition) is 2. The van der Waals surface area contributed by atoms with E-state index in [0.717, 1.165) is 5.75 Å². The highest BCUT2D eigenvalue weighted by Crippen LogP contribution is 2.12. The summed E-state index contributed by atoms with van der Waals surface area (Å²) in [6.07, 6.45) is 2.67. The summed E-state index contributed by atoms with van der Waals surface area (Å²) in [5.74, 6) is 0.971. The quantitative estimate of drug-likeness (QED) is 0.748. The van der Waals surface area contributed by atoms with E-state index in [1.165, 1.54) is 12.1 Å². The molecule has 0 aliphatic rings. The molecule has 0 aromatic heterocycles. The van der Waals surface area contributed by atoms with Crippen molar-refractivity contribution < 1.29 is 9.90 Å². The summed E-state index contributed by atoms with van der Waals surface area (Å²) in [7, 11) is 0. The second-order valence-corrected chi connectivity index (χ2v) is 4.28. The van der Waals surface area contributed by atoms with Gasteiger partial charge in [-0.25, -0.2) is 0 Å². The van der Waals surface area contributed by atoms with Crippen LogP contribution in [-0.2, 0) is 0 Å². The standard InChI is InChI=1S/C11H15NO2S/c1-15-7-6-10(12)11(14)8-2-4-9(13)5-3-8/h2-5,10,13H,6-7,12H2,1H3/t10-/m0/s1. The van der Waals surface area contributed by atoms with Crippen LogP contribution in [0.3, 0.4) is 0 Å². The first kappa shape index (κ1) is 12.1. The van der Waals surface area contributed by atoms with Crippen molar-refractivity contribution in [1.29, 1.82) is 0 Å². The third kappa shape index (κ3) is 3.57. The molecule has 0 saturated heterocycles. The van der Waals surface area contributed by atoms with Gasteiger partial charge in [0.1, 0.15) is 5.75 Å². The highest BCUT2D eigenvalue weighted by Gasteiger charge is 2.14. The molecule has 0 radical (unpaired) electrons. The zero-order chi connectivity index (χ0) is 11.3. The van der Waals surface area contributed by atoms with Crippen LogP contribution in [0.4, 0.5) is 0 Å². The molecule has 3 nitrogen and oxygen atoms in total. The van der Waals surface area contributed by atoms with E-state index < -0.39 is 6.04 Å². The average molecular weight is 225 g/mol. The van der Waals surface area contributed by atoms with Gasteiger partial charge in [0.25, 0.3) is 0 Å². The smallest absolute Gasteiger partial charge is 0.179 e. The van der Waals surface area contributed by atoms with Gasteiger partial charge in [0.2, 0.25) is 0 Å². The zero-order valence-corrected chi connectivity index (χ0v) is 9.46. The minimum Gasteiger partial charge on any atom is -0.508 e. The summed E-state index contributed by atoms with van der Waals surface area (Å²) in [6.45, 7) is 0. The van der Waals surface area contributed by atoms with Crippen molar-refractivity contribution in [3.05, 3.63) is 29.8 Å². The molecule has 0 amide bonds. The lowest BCUT2D eigenvalue weighted by molar-refractivity contribution is 0.0960. The maximum atomic E-state index is 11.7. The predicted octanol–water partition coefficient (Wildman–Crippen LogP) is 1.66. The molecule has 0 unspecified atom stereocenters. The van der Waals surface area contributed by atoms with Gasteiger partial charge in [-0.05, 0) is 42.7 Å². The van der Waals surface area contributed by atoms with Crippen LogP contribution >= 0.6 is 11.8 Å². The Hall–Kier alpha value is -1.00. The van der Waals surface area contributed by atoms with Gasteiger partial charge in [-0.1, -0.05) is 0 Å². The van der Waals surface area contributed by atoms with Crippen LogP contribution < -0.4 is 5.73 Å². The Morgan fingerprint density at radius 2 is 2.07 bits per heavy atom. The van der Waals surface area contributed by atoms with Crippen LogP contribution in [0.25, 0.3) is 0 Å². The Labute approximate surface area is 93.7 Å². The Bertz CT molecular complexity index is 324. The first-order valence-corrected chi connectivity index (χ1v) is 6.12. The summed E-state index contributed by atoms with van der Waals surface area (Å²) in [5.41, 5.74) is 6.30. The van der Waals surface area contributed by atoms with Crippen LogP contribution in [0.2, 0.25) is 0 Å². The molecule has 82 valence electrons. The maximum absolute atomic E-state index is 11.7. The lowest BCUT2D eigenvalue weighted by Gasteiger charge is -2.09. The van der Waals surface area contributed by atoms with Crippen LogP contribution in [0.15, 0.2) is 24.3 Å². The fourth-order valence-corrected chi connectivity index (χ4v) is 1.71. The van der Waals surface area contributed by atoms with E-state index in [1.807, 2.05) is 6.26 Å². The minimum absolute atomic E-state index is 0.0657. The summed E-state index contributed by atoms with van der Waals surface area (Å²) in [4.78, 5) is 11.7. The van der Waals surface area contributed by atoms with E-state index in [4.69, 9.17) is 10.8 Å². The van der Waals surface area contributed by atoms with Gasteiger partial charge < -0.3 is 10.8 Å². The molecule has 1 rings (SSSR count). The summed E-state index contributed by atoms with van der Waals surface area (Å²) in [5, 5.41) is 9.07. The number of phenolic OH excluding ortho intramolecular Hbond substituents is 1. The molecule has 3 N–H and O–H groups in total. The fraction of sp³-hybridized carbons (Fsp3) is 0.364. The van der Waals surface area contributed by atoms with Crippen LogP contribution in [0.1, 0.15) is 16.8 Å². The number of Topliss-reactive ketones (excluding diaryl/α,β-unsaturated/α-hetero) is 1. The summed E-state index contributed by atoms with van der Waals surface area (Å²) < 4.78 is 0. The molecule has 0 saturated carbocycles. The number of carbonyl (C=O) groups is 1. The molecule has 0 spiro atoms. The number of rotatable bonds is 5. The maximum Gasteiger partial charge on any atom is 0.179 e. The third-order valence-electron chi connectivity index (χ3n) is 2.12. The Morgan fingerprint density at radius 3 is 2.60 bits per heavy atom. The molecule has 0 bridgehead atoms. The molecule has 1 atom stereocenters. The molecule has 1 aromatic rings. The van der Waals surface area contributed by atoms with E-state index >= 15 is 0 Å². The Kier molecular flexibility index (Phi) is 4.65. The number of carbonyl (C=O) groups excluding carboxylic acids is 1. The molecule has 0 fully saturated rings. The van der Waals surface area contributed by atoms with Crippen LogP contribution in [0.5, 0.6) is 5.75 Å². The molecule has 0 aliphatic heterocycles. The highest BCUT2D eigenvalue weighted by atomic mass is 32.2. The van der Waals surface area contributed by atoms with Crippen molar-refractivity contribution in [3.63, 3.8) is 0 Å². The second kappa shape index (κ2) is 5.78. The number of phenols is 1. The van der Waals surface area contributed by atoms with E-state index in [1.54, 1.807) is 23.9 Å². The first-order valence-electron chi connectivity index (χ1n) is 4.73. The van der Waals surface area contributed by atoms with Crippen LogP contribution in [0, 0.1) is 0 Å². The number of benzene rings is 1. The van der Waals surface area contributed by atoms with Crippen LogP contribution in [-0.4, -0.2) is 28.9 Å². The number of thioether (sulfide) groups is 1. The number of aromatic hydroxyl groups is 1. The van der Waals surface area contributed by atoms with Gasteiger partial charge in [-0.2, -0.15) is 11.8 Å². The topological polar surface area (TPSA) is 63.3 Å². The SMILES string of the molecule is CSCC[C@H](N)C(=O)c1ccc(O)cc1. The van der Waals surface area contributed by atoms with E-state index in [2.05, 4.69) is 0 Å². The monoisotopic (exact) mass is 225 g/mol. The predicted molar refractivity (Wildman–Crippen MR) is 63.4 cm³/mol. The summed E-state index contributed by atoms with van der Waals surface area (Å²) in [6, 6.07) is 5.73. The normalized spacial score (nSPS) is 12.4. The Balaban J connectivity index is 2.63. The third-order valence-corrected chi connectivity index (χ3v) is 2.77. The van der Waals surface area contributed by atoms with Crippen molar-refractivity contribution in [2.24, 2.45) is 5.73 Å². The Morgan fingerprint density at radius 1 is 1.47 bits per heavy atom. The minimum atomic E-state index is -0.443. The van der Waals surface area contributed by atoms with Gasteiger partial charge in [-0.15, -0.1) is 0 Å². The van der Waals surface area contributed by atoms with Crippen molar-refractivity contribution >= 4 is 17.5 Å².